The van der Waals surface area contributed by atoms with Crippen molar-refractivity contribution in [3.05, 3.63) is 50.8 Å². The molecule has 0 unspecified atom stereocenters. The lowest BCUT2D eigenvalue weighted by atomic mass is 10.2. The van der Waals surface area contributed by atoms with Crippen LogP contribution in [0.5, 0.6) is 0 Å². The predicted molar refractivity (Wildman–Crippen MR) is 84.7 cm³/mol. The van der Waals surface area contributed by atoms with E-state index in [4.69, 9.17) is 0 Å². The van der Waals surface area contributed by atoms with Gasteiger partial charge in [-0.05, 0) is 30.2 Å². The van der Waals surface area contributed by atoms with Crippen molar-refractivity contribution in [2.24, 2.45) is 0 Å². The maximum absolute atomic E-state index is 10.6. The molecule has 0 N–H and O–H groups in total. The second-order valence-electron chi connectivity index (χ2n) is 4.68. The molecule has 0 aliphatic rings. The Morgan fingerprint density at radius 2 is 2.05 bits per heavy atom. The van der Waals surface area contributed by atoms with Crippen LogP contribution in [0.15, 0.2) is 24.3 Å². The summed E-state index contributed by atoms with van der Waals surface area (Å²) >= 11 is 1.45. The molecule has 7 nitrogen and oxygen atoms in total. The molecule has 0 fully saturated rings. The van der Waals surface area contributed by atoms with Crippen LogP contribution in [-0.2, 0) is 6.42 Å². The van der Waals surface area contributed by atoms with Gasteiger partial charge in [-0.15, -0.1) is 10.2 Å². The monoisotopic (exact) mass is 315 g/mol. The van der Waals surface area contributed by atoms with Crippen molar-refractivity contribution >= 4 is 34.1 Å². The fourth-order valence-electron chi connectivity index (χ4n) is 1.99. The number of rotatable bonds is 5. The average Bonchev–Trinajstić information content (AvgIpc) is 3.07. The van der Waals surface area contributed by atoms with Crippen LogP contribution < -0.4 is 0 Å². The van der Waals surface area contributed by atoms with Gasteiger partial charge in [0, 0.05) is 18.6 Å². The molecule has 0 radical (unpaired) electrons. The molecule has 3 rings (SSSR count). The standard InChI is InChI=1S/C14H13N5O2S/c1-2-3-12-15-16-14-18(12)17-13(22-14)9-6-10-4-7-11(8-5-10)19(20)21/h4-9H,2-3H2,1H3/b9-6+. The maximum Gasteiger partial charge on any atom is 0.269 e. The van der Waals surface area contributed by atoms with Gasteiger partial charge < -0.3 is 0 Å². The summed E-state index contributed by atoms with van der Waals surface area (Å²) in [5.41, 5.74) is 0.963. The van der Waals surface area contributed by atoms with Gasteiger partial charge in [0.2, 0.25) is 4.96 Å². The minimum absolute atomic E-state index is 0.0835. The lowest BCUT2D eigenvalue weighted by molar-refractivity contribution is -0.384. The van der Waals surface area contributed by atoms with E-state index in [1.807, 2.05) is 12.2 Å². The van der Waals surface area contributed by atoms with Crippen LogP contribution in [0.4, 0.5) is 5.69 Å². The van der Waals surface area contributed by atoms with Crippen LogP contribution in [0.2, 0.25) is 0 Å². The van der Waals surface area contributed by atoms with Crippen LogP contribution in [0, 0.1) is 10.1 Å². The van der Waals surface area contributed by atoms with Crippen molar-refractivity contribution in [2.45, 2.75) is 19.8 Å². The highest BCUT2D eigenvalue weighted by atomic mass is 32.1. The molecule has 2 heterocycles. The number of aryl methyl sites for hydroxylation is 1. The van der Waals surface area contributed by atoms with E-state index in [-0.39, 0.29) is 5.69 Å². The summed E-state index contributed by atoms with van der Waals surface area (Å²) in [7, 11) is 0. The van der Waals surface area contributed by atoms with Crippen LogP contribution in [0.25, 0.3) is 17.1 Å². The lowest BCUT2D eigenvalue weighted by Crippen LogP contribution is -1.94. The smallest absolute Gasteiger partial charge is 0.258 e. The summed E-state index contributed by atoms with van der Waals surface area (Å²) in [6.07, 6.45) is 5.58. The second-order valence-corrected chi connectivity index (χ2v) is 5.67. The largest absolute Gasteiger partial charge is 0.269 e. The highest BCUT2D eigenvalue weighted by Crippen LogP contribution is 2.18. The Hall–Kier alpha value is -2.61. The Labute approximate surface area is 130 Å². The molecular weight excluding hydrogens is 302 g/mol. The van der Waals surface area contributed by atoms with E-state index >= 15 is 0 Å². The first-order chi connectivity index (χ1) is 10.7. The second kappa shape index (κ2) is 6.02. The van der Waals surface area contributed by atoms with Crippen molar-refractivity contribution in [3.63, 3.8) is 0 Å². The summed E-state index contributed by atoms with van der Waals surface area (Å²) in [4.78, 5) is 11.0. The van der Waals surface area contributed by atoms with Crippen molar-refractivity contribution < 1.29 is 4.92 Å². The fourth-order valence-corrected chi connectivity index (χ4v) is 2.75. The molecule has 0 amide bonds. The van der Waals surface area contributed by atoms with E-state index in [1.165, 1.54) is 23.5 Å². The Morgan fingerprint density at radius 1 is 1.27 bits per heavy atom. The normalized spacial score (nSPS) is 11.5. The molecule has 0 atom stereocenters. The maximum atomic E-state index is 10.6. The molecule has 0 saturated heterocycles. The number of aromatic nitrogens is 4. The number of fused-ring (bicyclic) bond motifs is 1. The zero-order valence-corrected chi connectivity index (χ0v) is 12.7. The van der Waals surface area contributed by atoms with Gasteiger partial charge in [-0.3, -0.25) is 10.1 Å². The zero-order chi connectivity index (χ0) is 15.5. The third-order valence-corrected chi connectivity index (χ3v) is 3.93. The number of nitro benzene ring substituents is 1. The third kappa shape index (κ3) is 2.86. The molecule has 22 heavy (non-hydrogen) atoms. The SMILES string of the molecule is CCCc1nnc2sc(/C=C/c3ccc([N+](=O)[O-])cc3)nn12. The number of nitrogens with zero attached hydrogens (tertiary/aromatic N) is 5. The topological polar surface area (TPSA) is 86.2 Å². The average molecular weight is 315 g/mol. The van der Waals surface area contributed by atoms with Gasteiger partial charge in [-0.25, -0.2) is 0 Å². The molecule has 3 aromatic rings. The number of benzene rings is 1. The van der Waals surface area contributed by atoms with Gasteiger partial charge >= 0.3 is 0 Å². The highest BCUT2D eigenvalue weighted by Gasteiger charge is 2.09. The fraction of sp³-hybridized carbons (Fsp3) is 0.214. The molecule has 0 aliphatic heterocycles. The molecule has 8 heteroatoms. The minimum Gasteiger partial charge on any atom is -0.258 e. The van der Waals surface area contributed by atoms with Crippen molar-refractivity contribution in [3.8, 4) is 0 Å². The lowest BCUT2D eigenvalue weighted by Gasteiger charge is -1.93. The highest BCUT2D eigenvalue weighted by molar-refractivity contribution is 7.17. The van der Waals surface area contributed by atoms with Gasteiger partial charge in [0.1, 0.15) is 5.01 Å². The molecule has 112 valence electrons. The molecule has 0 saturated carbocycles. The number of nitro groups is 1. The van der Waals surface area contributed by atoms with Crippen molar-refractivity contribution in [1.29, 1.82) is 0 Å². The first-order valence-electron chi connectivity index (χ1n) is 6.81. The van der Waals surface area contributed by atoms with Gasteiger partial charge in [-0.2, -0.15) is 9.61 Å². The molecule has 0 aliphatic carbocycles. The zero-order valence-electron chi connectivity index (χ0n) is 11.8. The molecular formula is C14H13N5O2S. The Morgan fingerprint density at radius 3 is 2.73 bits per heavy atom. The molecule has 1 aromatic carbocycles. The van der Waals surface area contributed by atoms with Gasteiger partial charge in [0.25, 0.3) is 5.69 Å². The summed E-state index contributed by atoms with van der Waals surface area (Å²) in [6.45, 7) is 2.09. The minimum atomic E-state index is -0.411. The van der Waals surface area contributed by atoms with E-state index < -0.39 is 4.92 Å². The van der Waals surface area contributed by atoms with Crippen LogP contribution in [0.1, 0.15) is 29.7 Å². The van der Waals surface area contributed by atoms with Crippen LogP contribution in [-0.4, -0.2) is 24.7 Å². The summed E-state index contributed by atoms with van der Waals surface area (Å²) in [6, 6.07) is 6.38. The molecule has 0 spiro atoms. The quantitative estimate of drug-likeness (QED) is 0.533. The Balaban J connectivity index is 1.81. The van der Waals surface area contributed by atoms with Crippen molar-refractivity contribution in [2.75, 3.05) is 0 Å². The number of non-ortho nitro benzene ring substituents is 1. The molecule has 0 bridgehead atoms. The van der Waals surface area contributed by atoms with Gasteiger partial charge in [-0.1, -0.05) is 24.3 Å². The van der Waals surface area contributed by atoms with E-state index in [0.29, 0.717) is 0 Å². The van der Waals surface area contributed by atoms with Gasteiger partial charge in [0.15, 0.2) is 5.82 Å². The van der Waals surface area contributed by atoms with Gasteiger partial charge in [0.05, 0.1) is 4.92 Å². The van der Waals surface area contributed by atoms with E-state index in [9.17, 15) is 10.1 Å². The van der Waals surface area contributed by atoms with Crippen LogP contribution in [0.3, 0.4) is 0 Å². The first kappa shape index (κ1) is 14.3. The number of hydrogen-bond acceptors (Lipinski definition) is 6. The Bertz CT molecular complexity index is 835. The van der Waals surface area contributed by atoms with Crippen LogP contribution >= 0.6 is 11.3 Å². The van der Waals surface area contributed by atoms with E-state index in [0.717, 1.165) is 34.2 Å². The predicted octanol–water partition coefficient (Wildman–Crippen LogP) is 3.22. The Kier molecular flexibility index (Phi) is 3.92. The number of hydrogen-bond donors (Lipinski definition) is 0. The summed E-state index contributed by atoms with van der Waals surface area (Å²) in [5.74, 6) is 0.865. The first-order valence-corrected chi connectivity index (χ1v) is 7.62. The summed E-state index contributed by atoms with van der Waals surface area (Å²) < 4.78 is 1.77. The van der Waals surface area contributed by atoms with E-state index in [1.54, 1.807) is 16.6 Å². The third-order valence-electron chi connectivity index (χ3n) is 3.07. The molecule has 2 aromatic heterocycles. The van der Waals surface area contributed by atoms with E-state index in [2.05, 4.69) is 22.2 Å². The van der Waals surface area contributed by atoms with Crippen molar-refractivity contribution in [1.82, 2.24) is 19.8 Å². The summed E-state index contributed by atoms with van der Waals surface area (Å²) in [5, 5.41) is 24.1.